The Morgan fingerprint density at radius 3 is 2.43 bits per heavy atom. The van der Waals surface area contributed by atoms with Crippen LogP contribution >= 0.6 is 11.3 Å². The van der Waals surface area contributed by atoms with Gasteiger partial charge in [0.25, 0.3) is 5.56 Å². The normalized spacial score (nSPS) is 10.9. The first-order chi connectivity index (χ1) is 14.4. The van der Waals surface area contributed by atoms with Crippen LogP contribution in [0, 0.1) is 12.7 Å². The zero-order chi connectivity index (χ0) is 21.4. The number of ketones is 1. The van der Waals surface area contributed by atoms with E-state index in [1.54, 1.807) is 25.1 Å². The topological polar surface area (TPSA) is 68.2 Å². The van der Waals surface area contributed by atoms with Crippen molar-refractivity contribution >= 4 is 38.2 Å². The van der Waals surface area contributed by atoms with Crippen LogP contribution in [0.3, 0.4) is 0 Å². The average molecular weight is 420 g/mol. The molecule has 0 aliphatic heterocycles. The molecule has 1 amide bonds. The molecule has 2 aromatic heterocycles. The van der Waals surface area contributed by atoms with Gasteiger partial charge in [-0.05, 0) is 48.9 Å². The molecule has 30 heavy (non-hydrogen) atoms. The molecule has 0 bridgehead atoms. The summed E-state index contributed by atoms with van der Waals surface area (Å²) in [6.07, 6.45) is 0. The number of amides is 1. The van der Waals surface area contributed by atoms with Gasteiger partial charge in [0, 0.05) is 23.9 Å². The summed E-state index contributed by atoms with van der Waals surface area (Å²) in [7, 11) is 0. The number of anilines is 1. The van der Waals surface area contributed by atoms with Crippen molar-refractivity contribution in [3.63, 3.8) is 0 Å². The first-order valence-electron chi connectivity index (χ1n) is 9.19. The number of rotatable bonds is 4. The van der Waals surface area contributed by atoms with Gasteiger partial charge in [0.2, 0.25) is 5.91 Å². The van der Waals surface area contributed by atoms with Crippen LogP contribution < -0.4 is 10.9 Å². The molecule has 0 unspecified atom stereocenters. The maximum atomic E-state index is 13.7. The number of aryl methyl sites for hydroxylation is 1. The van der Waals surface area contributed by atoms with Gasteiger partial charge in [-0.1, -0.05) is 29.5 Å². The smallest absolute Gasteiger partial charge is 0.256 e. The van der Waals surface area contributed by atoms with E-state index in [0.717, 1.165) is 11.3 Å². The number of hydrogen-bond donors (Lipinski definition) is 1. The molecule has 150 valence electrons. The number of nitrogens with zero attached hydrogens (tertiary/aromatic N) is 1. The lowest BCUT2D eigenvalue weighted by Gasteiger charge is -2.08. The Labute approximate surface area is 175 Å². The van der Waals surface area contributed by atoms with Gasteiger partial charge < -0.3 is 5.32 Å². The summed E-state index contributed by atoms with van der Waals surface area (Å²) in [4.78, 5) is 38.3. The molecule has 0 aliphatic rings. The highest BCUT2D eigenvalue weighted by Gasteiger charge is 2.24. The van der Waals surface area contributed by atoms with Crippen molar-refractivity contribution in [2.75, 3.05) is 5.32 Å². The molecule has 0 fully saturated rings. The molecule has 2 aromatic carbocycles. The summed E-state index contributed by atoms with van der Waals surface area (Å²) in [5.41, 5.74) is 1.34. The minimum atomic E-state index is -0.401. The van der Waals surface area contributed by atoms with Gasteiger partial charge >= 0.3 is 0 Å². The fraction of sp³-hybridized carbons (Fsp3) is 0.0870. The molecule has 0 spiro atoms. The summed E-state index contributed by atoms with van der Waals surface area (Å²) in [5, 5.41) is 3.59. The number of hydrogen-bond acceptors (Lipinski definition) is 4. The van der Waals surface area contributed by atoms with Gasteiger partial charge in [0.15, 0.2) is 5.78 Å². The highest BCUT2D eigenvalue weighted by atomic mass is 32.1. The predicted molar refractivity (Wildman–Crippen MR) is 116 cm³/mol. The quantitative estimate of drug-likeness (QED) is 0.487. The van der Waals surface area contributed by atoms with Crippen LogP contribution in [0.5, 0.6) is 0 Å². The Balaban J connectivity index is 2.00. The van der Waals surface area contributed by atoms with E-state index in [9.17, 15) is 18.8 Å². The van der Waals surface area contributed by atoms with Crippen molar-refractivity contribution in [2.24, 2.45) is 0 Å². The molecular formula is C23H17FN2O3S. The highest BCUT2D eigenvalue weighted by molar-refractivity contribution is 7.23. The number of nitrogens with one attached hydrogen (secondary N) is 1. The van der Waals surface area contributed by atoms with Crippen LogP contribution in [-0.2, 0) is 4.79 Å². The monoisotopic (exact) mass is 420 g/mol. The molecule has 0 saturated carbocycles. The number of halogens is 1. The Morgan fingerprint density at radius 2 is 1.77 bits per heavy atom. The van der Waals surface area contributed by atoms with E-state index >= 15 is 0 Å². The molecule has 7 heteroatoms. The summed E-state index contributed by atoms with van der Waals surface area (Å²) in [5.74, 6) is -1.09. The van der Waals surface area contributed by atoms with E-state index in [4.69, 9.17) is 0 Å². The van der Waals surface area contributed by atoms with Crippen molar-refractivity contribution in [1.82, 2.24) is 4.57 Å². The van der Waals surface area contributed by atoms with Crippen molar-refractivity contribution in [3.8, 4) is 5.69 Å². The van der Waals surface area contributed by atoms with Gasteiger partial charge in [-0.2, -0.15) is 0 Å². The second-order valence-corrected chi connectivity index (χ2v) is 7.84. The minimum Gasteiger partial charge on any atom is -0.317 e. The second-order valence-electron chi connectivity index (χ2n) is 6.84. The molecule has 4 aromatic rings. The van der Waals surface area contributed by atoms with Crippen LogP contribution in [0.1, 0.15) is 28.4 Å². The molecular weight excluding hydrogens is 403 g/mol. The zero-order valence-corrected chi connectivity index (χ0v) is 17.0. The number of thiophene rings is 1. The number of carbonyl (C=O) groups is 2. The summed E-state index contributed by atoms with van der Waals surface area (Å²) in [6.45, 7) is 2.94. The standard InChI is InChI=1S/C23H17FN2O3S/c1-13-12-15(8-10-18(13)24)21(29)20-17-9-11-19(28)26(16-6-4-3-5-7-16)23(17)30-22(20)25-14(2)27/h3-12H,1-2H3,(H,25,27). The Bertz CT molecular complexity index is 1360. The van der Waals surface area contributed by atoms with Crippen LogP contribution in [0.15, 0.2) is 65.5 Å². The van der Waals surface area contributed by atoms with Crippen LogP contribution in [-0.4, -0.2) is 16.3 Å². The molecule has 2 heterocycles. The first kappa shape index (κ1) is 19.7. The largest absolute Gasteiger partial charge is 0.317 e. The fourth-order valence-corrected chi connectivity index (χ4v) is 4.57. The third kappa shape index (κ3) is 3.44. The fourth-order valence-electron chi connectivity index (χ4n) is 3.31. The van der Waals surface area contributed by atoms with Gasteiger partial charge in [0.1, 0.15) is 15.6 Å². The number of para-hydroxylation sites is 1. The maximum Gasteiger partial charge on any atom is 0.256 e. The maximum absolute atomic E-state index is 13.7. The zero-order valence-electron chi connectivity index (χ0n) is 16.2. The summed E-state index contributed by atoms with van der Waals surface area (Å²) >= 11 is 1.15. The molecule has 1 N–H and O–H groups in total. The lowest BCUT2D eigenvalue weighted by Crippen LogP contribution is -2.16. The molecule has 5 nitrogen and oxygen atoms in total. The van der Waals surface area contributed by atoms with Crippen molar-refractivity contribution in [3.05, 3.63) is 93.5 Å². The predicted octanol–water partition coefficient (Wildman–Crippen LogP) is 4.69. The number of aromatic nitrogens is 1. The minimum absolute atomic E-state index is 0.249. The summed E-state index contributed by atoms with van der Waals surface area (Å²) < 4.78 is 15.2. The van der Waals surface area contributed by atoms with Crippen molar-refractivity contribution in [1.29, 1.82) is 0 Å². The number of benzene rings is 2. The number of fused-ring (bicyclic) bond motifs is 1. The molecule has 0 atom stereocenters. The molecule has 0 radical (unpaired) electrons. The second kappa shape index (κ2) is 7.68. The highest BCUT2D eigenvalue weighted by Crippen LogP contribution is 2.37. The van der Waals surface area contributed by atoms with Gasteiger partial charge in [-0.25, -0.2) is 4.39 Å². The number of pyridine rings is 1. The molecule has 4 rings (SSSR count). The Morgan fingerprint density at radius 1 is 1.03 bits per heavy atom. The van der Waals surface area contributed by atoms with Crippen LogP contribution in [0.2, 0.25) is 0 Å². The van der Waals surface area contributed by atoms with E-state index < -0.39 is 5.82 Å². The van der Waals surface area contributed by atoms with Crippen molar-refractivity contribution < 1.29 is 14.0 Å². The van der Waals surface area contributed by atoms with Gasteiger partial charge in [0.05, 0.1) is 11.3 Å². The van der Waals surface area contributed by atoms with Gasteiger partial charge in [-0.3, -0.25) is 19.0 Å². The SMILES string of the molecule is CC(=O)Nc1sc2c(ccc(=O)n2-c2ccccc2)c1C(=O)c1ccc(F)c(C)c1. The summed E-state index contributed by atoms with van der Waals surface area (Å²) in [6, 6.07) is 16.2. The number of carbonyl (C=O) groups excluding carboxylic acids is 2. The lowest BCUT2D eigenvalue weighted by atomic mass is 10.0. The third-order valence-corrected chi connectivity index (χ3v) is 5.80. The van der Waals surface area contributed by atoms with E-state index in [0.29, 0.717) is 32.0 Å². The van der Waals surface area contributed by atoms with E-state index in [-0.39, 0.29) is 22.8 Å². The Hall–Kier alpha value is -3.58. The van der Waals surface area contributed by atoms with Gasteiger partial charge in [-0.15, -0.1) is 0 Å². The van der Waals surface area contributed by atoms with Crippen molar-refractivity contribution in [2.45, 2.75) is 13.8 Å². The third-order valence-electron chi connectivity index (χ3n) is 4.69. The van der Waals surface area contributed by atoms with E-state index in [1.165, 1.54) is 35.8 Å². The first-order valence-corrected chi connectivity index (χ1v) is 10.0. The Kier molecular flexibility index (Phi) is 5.05. The average Bonchev–Trinajstić information content (AvgIpc) is 3.07. The van der Waals surface area contributed by atoms with Crippen LogP contribution in [0.4, 0.5) is 9.39 Å². The molecule has 0 saturated heterocycles. The van der Waals surface area contributed by atoms with E-state index in [2.05, 4.69) is 5.32 Å². The van der Waals surface area contributed by atoms with Crippen LogP contribution in [0.25, 0.3) is 15.9 Å². The molecule has 0 aliphatic carbocycles. The lowest BCUT2D eigenvalue weighted by molar-refractivity contribution is -0.114. The van der Waals surface area contributed by atoms with E-state index in [1.807, 2.05) is 18.2 Å².